The highest BCUT2D eigenvalue weighted by molar-refractivity contribution is 6.09. The molecule has 0 atom stereocenters. The Bertz CT molecular complexity index is 2860. The fraction of sp³-hybridized carbons (Fsp3) is 0. The number of rotatable bonds is 4. The van der Waals surface area contributed by atoms with Crippen molar-refractivity contribution in [2.75, 3.05) is 0 Å². The average Bonchev–Trinajstić information content (AvgIpc) is 3.57. The molecule has 0 saturated carbocycles. The van der Waals surface area contributed by atoms with Gasteiger partial charge in [0.15, 0.2) is 5.82 Å². The van der Waals surface area contributed by atoms with Crippen LogP contribution in [0.15, 0.2) is 164 Å². The van der Waals surface area contributed by atoms with Gasteiger partial charge in [0.1, 0.15) is 11.2 Å². The van der Waals surface area contributed by atoms with E-state index in [2.05, 4.69) is 132 Å². The summed E-state index contributed by atoms with van der Waals surface area (Å²) >= 11 is 0. The highest BCUT2D eigenvalue weighted by Crippen LogP contribution is 2.36. The van der Waals surface area contributed by atoms with Crippen LogP contribution in [0, 0.1) is 0 Å². The third-order valence-electron chi connectivity index (χ3n) is 9.43. The first kappa shape index (κ1) is 27.4. The zero-order chi connectivity index (χ0) is 32.3. The van der Waals surface area contributed by atoms with Crippen LogP contribution in [0.1, 0.15) is 0 Å². The molecule has 0 saturated heterocycles. The summed E-state index contributed by atoms with van der Waals surface area (Å²) in [5, 5.41) is 4.47. The van der Waals surface area contributed by atoms with Gasteiger partial charge in [-0.1, -0.05) is 133 Å². The molecule has 10 rings (SSSR count). The van der Waals surface area contributed by atoms with Crippen LogP contribution in [0.3, 0.4) is 0 Å². The SMILES string of the molecule is c1ccc2c(-c3nc(-c4ccc(-c5ccc(-c6nc7ccccc7c7nc8ccccn8c67)cc5)cc4)nc4ccccc34)cccc2c1. The summed E-state index contributed by atoms with van der Waals surface area (Å²) in [6.45, 7) is 0. The third-order valence-corrected chi connectivity index (χ3v) is 9.43. The Morgan fingerprint density at radius 3 is 1.80 bits per heavy atom. The Balaban J connectivity index is 1.03. The second kappa shape index (κ2) is 10.9. The summed E-state index contributed by atoms with van der Waals surface area (Å²) < 4.78 is 2.14. The number of fused-ring (bicyclic) bond motifs is 7. The molecule has 4 heterocycles. The molecule has 5 heteroatoms. The first-order chi connectivity index (χ1) is 24.3. The lowest BCUT2D eigenvalue weighted by Gasteiger charge is -2.12. The van der Waals surface area contributed by atoms with E-state index < -0.39 is 0 Å². The van der Waals surface area contributed by atoms with Gasteiger partial charge in [0.05, 0.1) is 27.9 Å². The van der Waals surface area contributed by atoms with Crippen molar-refractivity contribution >= 4 is 49.3 Å². The maximum absolute atomic E-state index is 5.18. The number of imidazole rings is 1. The van der Waals surface area contributed by atoms with Gasteiger partial charge in [-0.25, -0.2) is 19.9 Å². The quantitative estimate of drug-likeness (QED) is 0.195. The lowest BCUT2D eigenvalue weighted by molar-refractivity contribution is 1.22. The monoisotopic (exact) mass is 625 g/mol. The van der Waals surface area contributed by atoms with Crippen LogP contribution in [0.2, 0.25) is 0 Å². The zero-order valence-electron chi connectivity index (χ0n) is 26.3. The molecule has 0 aliphatic rings. The third kappa shape index (κ3) is 4.48. The van der Waals surface area contributed by atoms with Gasteiger partial charge in [0.2, 0.25) is 0 Å². The predicted molar refractivity (Wildman–Crippen MR) is 200 cm³/mol. The van der Waals surface area contributed by atoms with E-state index in [0.29, 0.717) is 5.82 Å². The predicted octanol–water partition coefficient (Wildman–Crippen LogP) is 10.8. The van der Waals surface area contributed by atoms with E-state index in [-0.39, 0.29) is 0 Å². The Hall–Kier alpha value is -6.72. The highest BCUT2D eigenvalue weighted by atomic mass is 15.0. The molecular formula is C44H27N5. The molecule has 10 aromatic rings. The van der Waals surface area contributed by atoms with Crippen molar-refractivity contribution in [3.8, 4) is 45.0 Å². The number of nitrogens with zero attached hydrogens (tertiary/aromatic N) is 5. The van der Waals surface area contributed by atoms with Gasteiger partial charge in [-0.2, -0.15) is 0 Å². The average molecular weight is 626 g/mol. The first-order valence-corrected chi connectivity index (χ1v) is 16.4. The standard InChI is InChI=1S/C44H27N5/c1-2-12-33-30(10-1)11-9-15-34(33)41-35-13-3-6-17-38(35)46-44(48-41)32-25-21-29(22-26-32)28-19-23-31(24-20-28)40-43-42(36-14-4-5-16-37(36)45-40)47-39-18-7-8-27-49(39)43/h1-27H. The minimum Gasteiger partial charge on any atom is -0.298 e. The van der Waals surface area contributed by atoms with Crippen molar-refractivity contribution in [3.05, 3.63) is 164 Å². The van der Waals surface area contributed by atoms with Crippen LogP contribution >= 0.6 is 0 Å². The minimum atomic E-state index is 0.711. The van der Waals surface area contributed by atoms with Crippen LogP contribution in [0.25, 0.3) is 94.3 Å². The summed E-state index contributed by atoms with van der Waals surface area (Å²) in [4.78, 5) is 20.3. The number of hydrogen-bond acceptors (Lipinski definition) is 4. The largest absolute Gasteiger partial charge is 0.298 e. The number of hydrogen-bond donors (Lipinski definition) is 0. The van der Waals surface area contributed by atoms with Crippen molar-refractivity contribution in [1.82, 2.24) is 24.3 Å². The molecule has 5 nitrogen and oxygen atoms in total. The van der Waals surface area contributed by atoms with Gasteiger partial charge in [0.25, 0.3) is 0 Å². The van der Waals surface area contributed by atoms with Gasteiger partial charge in [-0.3, -0.25) is 4.40 Å². The van der Waals surface area contributed by atoms with Gasteiger partial charge in [-0.15, -0.1) is 0 Å². The molecular weight excluding hydrogens is 599 g/mol. The molecule has 0 spiro atoms. The molecule has 6 aromatic carbocycles. The molecule has 0 bridgehead atoms. The maximum Gasteiger partial charge on any atom is 0.160 e. The Morgan fingerprint density at radius 1 is 0.388 bits per heavy atom. The summed E-state index contributed by atoms with van der Waals surface area (Å²) in [7, 11) is 0. The molecule has 0 unspecified atom stereocenters. The van der Waals surface area contributed by atoms with E-state index >= 15 is 0 Å². The van der Waals surface area contributed by atoms with Crippen molar-refractivity contribution in [2.45, 2.75) is 0 Å². The van der Waals surface area contributed by atoms with E-state index in [9.17, 15) is 0 Å². The summed E-state index contributed by atoms with van der Waals surface area (Å²) in [5.41, 5.74) is 12.0. The van der Waals surface area contributed by atoms with Crippen molar-refractivity contribution in [3.63, 3.8) is 0 Å². The van der Waals surface area contributed by atoms with Gasteiger partial charge < -0.3 is 0 Å². The molecule has 4 aromatic heterocycles. The van der Waals surface area contributed by atoms with Gasteiger partial charge in [-0.05, 0) is 46.2 Å². The molecule has 0 fully saturated rings. The number of benzene rings is 6. The van der Waals surface area contributed by atoms with Gasteiger partial charge in [0, 0.05) is 33.7 Å². The molecule has 0 aliphatic carbocycles. The molecule has 228 valence electrons. The summed E-state index contributed by atoms with van der Waals surface area (Å²) in [6.07, 6.45) is 2.06. The van der Waals surface area contributed by atoms with Gasteiger partial charge >= 0.3 is 0 Å². The van der Waals surface area contributed by atoms with Crippen molar-refractivity contribution < 1.29 is 0 Å². The second-order valence-electron chi connectivity index (χ2n) is 12.3. The van der Waals surface area contributed by atoms with E-state index in [1.54, 1.807) is 0 Å². The van der Waals surface area contributed by atoms with Crippen molar-refractivity contribution in [1.29, 1.82) is 0 Å². The fourth-order valence-corrected chi connectivity index (χ4v) is 7.03. The minimum absolute atomic E-state index is 0.711. The lowest BCUT2D eigenvalue weighted by atomic mass is 9.98. The first-order valence-electron chi connectivity index (χ1n) is 16.4. The van der Waals surface area contributed by atoms with Crippen LogP contribution in [-0.4, -0.2) is 24.3 Å². The highest BCUT2D eigenvalue weighted by Gasteiger charge is 2.17. The lowest BCUT2D eigenvalue weighted by Crippen LogP contribution is -1.95. The van der Waals surface area contributed by atoms with E-state index in [4.69, 9.17) is 19.9 Å². The van der Waals surface area contributed by atoms with E-state index in [1.165, 1.54) is 10.8 Å². The van der Waals surface area contributed by atoms with E-state index in [0.717, 1.165) is 77.7 Å². The Kier molecular flexibility index (Phi) is 6.11. The molecule has 0 radical (unpaired) electrons. The summed E-state index contributed by atoms with van der Waals surface area (Å²) in [5.74, 6) is 0.711. The van der Waals surface area contributed by atoms with Crippen LogP contribution in [-0.2, 0) is 0 Å². The fourth-order valence-electron chi connectivity index (χ4n) is 7.03. The number of aromatic nitrogens is 5. The Labute approximate surface area is 281 Å². The van der Waals surface area contributed by atoms with Crippen molar-refractivity contribution in [2.24, 2.45) is 0 Å². The number of para-hydroxylation sites is 2. The van der Waals surface area contributed by atoms with Crippen LogP contribution in [0.4, 0.5) is 0 Å². The van der Waals surface area contributed by atoms with Crippen LogP contribution < -0.4 is 0 Å². The molecule has 49 heavy (non-hydrogen) atoms. The normalized spacial score (nSPS) is 11.7. The number of pyridine rings is 2. The van der Waals surface area contributed by atoms with E-state index in [1.807, 2.05) is 36.4 Å². The Morgan fingerprint density at radius 2 is 1.00 bits per heavy atom. The summed E-state index contributed by atoms with van der Waals surface area (Å²) in [6, 6.07) is 54.6. The van der Waals surface area contributed by atoms with Crippen LogP contribution in [0.5, 0.6) is 0 Å². The molecule has 0 aliphatic heterocycles. The topological polar surface area (TPSA) is 56.0 Å². The molecule has 0 amide bonds. The second-order valence-corrected chi connectivity index (χ2v) is 12.3. The maximum atomic E-state index is 5.18. The zero-order valence-corrected chi connectivity index (χ0v) is 26.3. The molecule has 0 N–H and O–H groups in total. The smallest absolute Gasteiger partial charge is 0.160 e.